The van der Waals surface area contributed by atoms with Gasteiger partial charge in [-0.2, -0.15) is 0 Å². The number of carbonyl (C=O) groups excluding carboxylic acids is 4. The van der Waals surface area contributed by atoms with Gasteiger partial charge in [0.1, 0.15) is 23.0 Å². The van der Waals surface area contributed by atoms with Gasteiger partial charge in [0.2, 0.25) is 0 Å². The summed E-state index contributed by atoms with van der Waals surface area (Å²) in [6, 6.07) is 6.54. The van der Waals surface area contributed by atoms with Crippen LogP contribution in [0.4, 0.5) is 0 Å². The molecule has 14 heteroatoms. The van der Waals surface area contributed by atoms with Crippen LogP contribution in [0.15, 0.2) is 24.3 Å². The number of nitrogens with one attached hydrogen (secondary N) is 4. The average molecular weight is 897 g/mol. The van der Waals surface area contributed by atoms with Crippen molar-refractivity contribution in [2.24, 2.45) is 23.3 Å². The lowest BCUT2D eigenvalue weighted by atomic mass is 10.0. The molecule has 0 radical (unpaired) electrons. The SMILES string of the molecule is CNCCCCCCNC(=O)c1cc(C(=O)NCCCCCCNC(=O)c2cc(C(C)=O)c(OCCC(C)C)cc2OCCC(C)C)c(OCCCCCN)cc1OCCCCCN. The molecule has 2 aromatic rings. The maximum atomic E-state index is 13.8. The van der Waals surface area contributed by atoms with Gasteiger partial charge in [0.25, 0.3) is 17.7 Å². The first-order valence-corrected chi connectivity index (χ1v) is 24.2. The van der Waals surface area contributed by atoms with Crippen LogP contribution in [0.3, 0.4) is 0 Å². The number of nitrogens with two attached hydrogens (primary N) is 2. The normalized spacial score (nSPS) is 11.2. The molecular formula is C50H84N6O8. The fourth-order valence-electron chi connectivity index (χ4n) is 6.70. The smallest absolute Gasteiger partial charge is 0.255 e. The number of carbonyl (C=O) groups is 4. The Morgan fingerprint density at radius 1 is 0.453 bits per heavy atom. The molecule has 0 aromatic heterocycles. The molecule has 64 heavy (non-hydrogen) atoms. The first kappa shape index (κ1) is 55.7. The Labute approximate surface area is 384 Å². The first-order valence-electron chi connectivity index (χ1n) is 24.2. The second kappa shape index (κ2) is 34.0. The number of hydrogen-bond acceptors (Lipinski definition) is 11. The van der Waals surface area contributed by atoms with E-state index in [-0.39, 0.29) is 29.1 Å². The highest BCUT2D eigenvalue weighted by Crippen LogP contribution is 2.32. The molecule has 0 saturated carbocycles. The van der Waals surface area contributed by atoms with Crippen molar-refractivity contribution in [3.63, 3.8) is 0 Å². The lowest BCUT2D eigenvalue weighted by molar-refractivity contribution is 0.0934. The van der Waals surface area contributed by atoms with Crippen molar-refractivity contribution in [3.05, 3.63) is 46.5 Å². The van der Waals surface area contributed by atoms with Gasteiger partial charge in [0.15, 0.2) is 5.78 Å². The van der Waals surface area contributed by atoms with Crippen LogP contribution < -0.4 is 51.7 Å². The van der Waals surface area contributed by atoms with Crippen LogP contribution in [0.5, 0.6) is 23.0 Å². The van der Waals surface area contributed by atoms with E-state index in [4.69, 9.17) is 30.4 Å². The zero-order valence-corrected chi connectivity index (χ0v) is 40.3. The third-order valence-electron chi connectivity index (χ3n) is 10.7. The van der Waals surface area contributed by atoms with Crippen LogP contribution in [0.2, 0.25) is 0 Å². The summed E-state index contributed by atoms with van der Waals surface area (Å²) in [6.07, 6.45) is 13.9. The van der Waals surface area contributed by atoms with Crippen LogP contribution in [0.1, 0.15) is 179 Å². The summed E-state index contributed by atoms with van der Waals surface area (Å²) in [5.41, 5.74) is 12.6. The van der Waals surface area contributed by atoms with E-state index in [9.17, 15) is 19.2 Å². The highest BCUT2D eigenvalue weighted by molar-refractivity contribution is 6.04. The lowest BCUT2D eigenvalue weighted by Gasteiger charge is -2.18. The van der Waals surface area contributed by atoms with E-state index in [1.165, 1.54) is 6.92 Å². The standard InChI is InChI=1S/C50H84N6O8/c1-37(2)21-31-63-44-35-47(64-32-22-38(3)4)41(33-40(44)39(5)57)48(58)54-27-17-9-10-18-28-56-50(60)43-34-42(49(59)55-26-16-8-7-15-25-53-6)45(61-29-19-11-13-23-51)36-46(43)62-30-20-12-14-24-52/h33-38,53H,7-32,51-52H2,1-6H3,(H,54,58)(H,55,59)(H,56,60). The molecule has 0 atom stereocenters. The zero-order chi connectivity index (χ0) is 47.0. The summed E-state index contributed by atoms with van der Waals surface area (Å²) < 4.78 is 24.4. The van der Waals surface area contributed by atoms with Crippen molar-refractivity contribution >= 4 is 23.5 Å². The molecule has 0 aliphatic heterocycles. The van der Waals surface area contributed by atoms with Gasteiger partial charge in [-0.15, -0.1) is 0 Å². The monoisotopic (exact) mass is 897 g/mol. The maximum absolute atomic E-state index is 13.8. The molecule has 0 unspecified atom stereocenters. The average Bonchev–Trinajstić information content (AvgIpc) is 3.26. The van der Waals surface area contributed by atoms with E-state index in [1.54, 1.807) is 24.3 Å². The molecule has 0 fully saturated rings. The van der Waals surface area contributed by atoms with Gasteiger partial charge in [-0.25, -0.2) is 0 Å². The van der Waals surface area contributed by atoms with Crippen LogP contribution in [-0.2, 0) is 0 Å². The highest BCUT2D eigenvalue weighted by Gasteiger charge is 2.23. The second-order valence-corrected chi connectivity index (χ2v) is 17.4. The van der Waals surface area contributed by atoms with E-state index in [0.29, 0.717) is 117 Å². The van der Waals surface area contributed by atoms with Crippen LogP contribution in [-0.4, -0.2) is 96.2 Å². The fraction of sp³-hybridized carbons (Fsp3) is 0.680. The lowest BCUT2D eigenvalue weighted by Crippen LogP contribution is -2.28. The topological polar surface area (TPSA) is 205 Å². The number of rotatable bonds is 38. The number of ketones is 1. The predicted octanol–water partition coefficient (Wildman–Crippen LogP) is 7.98. The summed E-state index contributed by atoms with van der Waals surface area (Å²) in [6.45, 7) is 15.2. The molecule has 14 nitrogen and oxygen atoms in total. The van der Waals surface area contributed by atoms with Crippen molar-refractivity contribution in [1.29, 1.82) is 0 Å². The largest absolute Gasteiger partial charge is 0.493 e. The summed E-state index contributed by atoms with van der Waals surface area (Å²) in [5.74, 6) is 1.34. The maximum Gasteiger partial charge on any atom is 0.255 e. The Balaban J connectivity index is 2.08. The Bertz CT molecular complexity index is 1650. The molecule has 0 heterocycles. The van der Waals surface area contributed by atoms with Crippen molar-refractivity contribution in [2.75, 3.05) is 72.7 Å². The molecule has 2 rings (SSSR count). The minimum atomic E-state index is -0.329. The molecule has 0 aliphatic carbocycles. The third-order valence-corrected chi connectivity index (χ3v) is 10.7. The van der Waals surface area contributed by atoms with E-state index in [1.807, 2.05) is 7.05 Å². The molecular weight excluding hydrogens is 813 g/mol. The molecule has 3 amide bonds. The van der Waals surface area contributed by atoms with E-state index in [0.717, 1.165) is 103 Å². The Kier molecular flexibility index (Phi) is 29.6. The molecule has 0 spiro atoms. The highest BCUT2D eigenvalue weighted by atomic mass is 16.5. The number of amides is 3. The quantitative estimate of drug-likeness (QED) is 0.0282. The van der Waals surface area contributed by atoms with Gasteiger partial charge >= 0.3 is 0 Å². The van der Waals surface area contributed by atoms with Crippen LogP contribution in [0.25, 0.3) is 0 Å². The first-order chi connectivity index (χ1) is 30.9. The summed E-state index contributed by atoms with van der Waals surface area (Å²) >= 11 is 0. The molecule has 0 aliphatic rings. The summed E-state index contributed by atoms with van der Waals surface area (Å²) in [7, 11) is 1.94. The number of benzene rings is 2. The number of Topliss-reactive ketones (excluding diaryl/α,β-unsaturated/α-hetero) is 1. The van der Waals surface area contributed by atoms with Gasteiger partial charge in [-0.3, -0.25) is 19.2 Å². The number of ether oxygens (including phenoxy) is 4. The molecule has 0 saturated heterocycles. The van der Waals surface area contributed by atoms with Gasteiger partial charge in [0.05, 0.1) is 48.7 Å². The number of unbranched alkanes of at least 4 members (excludes halogenated alkanes) is 10. The van der Waals surface area contributed by atoms with Gasteiger partial charge in [0, 0.05) is 31.8 Å². The van der Waals surface area contributed by atoms with Crippen molar-refractivity contribution in [1.82, 2.24) is 21.3 Å². The Hall–Kier alpha value is -4.40. The van der Waals surface area contributed by atoms with E-state index < -0.39 is 0 Å². The second-order valence-electron chi connectivity index (χ2n) is 17.4. The minimum Gasteiger partial charge on any atom is -0.493 e. The Morgan fingerprint density at radius 3 is 1.12 bits per heavy atom. The van der Waals surface area contributed by atoms with Crippen molar-refractivity contribution < 1.29 is 38.1 Å². The van der Waals surface area contributed by atoms with Crippen LogP contribution >= 0.6 is 0 Å². The van der Waals surface area contributed by atoms with Gasteiger partial charge in [-0.05, 0) is 135 Å². The third kappa shape index (κ3) is 23.0. The molecule has 2 aromatic carbocycles. The van der Waals surface area contributed by atoms with Crippen LogP contribution in [0, 0.1) is 11.8 Å². The Morgan fingerprint density at radius 2 is 0.781 bits per heavy atom. The molecule has 8 N–H and O–H groups in total. The predicted molar refractivity (Wildman–Crippen MR) is 257 cm³/mol. The molecule has 362 valence electrons. The zero-order valence-electron chi connectivity index (χ0n) is 40.3. The van der Waals surface area contributed by atoms with Crippen molar-refractivity contribution in [2.45, 2.75) is 137 Å². The molecule has 0 bridgehead atoms. The summed E-state index contributed by atoms with van der Waals surface area (Å²) in [4.78, 5) is 53.5. The van der Waals surface area contributed by atoms with E-state index in [2.05, 4.69) is 49.0 Å². The summed E-state index contributed by atoms with van der Waals surface area (Å²) in [5, 5.41) is 12.2. The fourth-order valence-corrected chi connectivity index (χ4v) is 6.70. The number of hydrogen-bond donors (Lipinski definition) is 6. The van der Waals surface area contributed by atoms with E-state index >= 15 is 0 Å². The van der Waals surface area contributed by atoms with Gasteiger partial charge in [-0.1, -0.05) is 53.4 Å². The van der Waals surface area contributed by atoms with Crippen molar-refractivity contribution in [3.8, 4) is 23.0 Å². The minimum absolute atomic E-state index is 0.185. The van der Waals surface area contributed by atoms with Gasteiger partial charge < -0.3 is 51.7 Å².